The van der Waals surface area contributed by atoms with Crippen LogP contribution in [0.15, 0.2) is 53.3 Å². The third-order valence-electron chi connectivity index (χ3n) is 6.15. The summed E-state index contributed by atoms with van der Waals surface area (Å²) in [4.78, 5) is 44.8. The van der Waals surface area contributed by atoms with E-state index in [1.807, 2.05) is 0 Å². The normalized spacial score (nSPS) is 13.9. The number of aromatic amines is 1. The monoisotopic (exact) mass is 477 g/mol. The molecule has 0 aliphatic carbocycles. The van der Waals surface area contributed by atoms with Gasteiger partial charge in [-0.05, 0) is 79.4 Å². The molecule has 1 amide bonds. The van der Waals surface area contributed by atoms with Crippen LogP contribution in [-0.4, -0.2) is 58.7 Å². The van der Waals surface area contributed by atoms with Gasteiger partial charge in [0, 0.05) is 18.7 Å². The molecule has 4 rings (SSSR count). The number of carbonyl (C=O) groups is 2. The van der Waals surface area contributed by atoms with Crippen LogP contribution < -0.4 is 10.4 Å². The molecule has 0 bridgehead atoms. The van der Waals surface area contributed by atoms with Crippen LogP contribution in [0, 0.1) is 12.8 Å². The molecular weight excluding hydrogens is 450 g/mol. The minimum Gasteiger partial charge on any atom is -0.508 e. The van der Waals surface area contributed by atoms with Gasteiger partial charge >= 0.3 is 11.7 Å². The Hall–Kier alpha value is -4.14. The fourth-order valence-corrected chi connectivity index (χ4v) is 4.07. The Morgan fingerprint density at radius 3 is 2.43 bits per heavy atom. The zero-order valence-corrected chi connectivity index (χ0v) is 19.6. The number of aromatic hydroxyl groups is 1. The second-order valence-electron chi connectivity index (χ2n) is 8.48. The largest absolute Gasteiger partial charge is 0.508 e. The van der Waals surface area contributed by atoms with Gasteiger partial charge in [0.1, 0.15) is 11.5 Å². The number of nitrogens with zero attached hydrogens (tertiary/aromatic N) is 2. The van der Waals surface area contributed by atoms with E-state index < -0.39 is 5.69 Å². The Balaban J connectivity index is 1.39. The van der Waals surface area contributed by atoms with Gasteiger partial charge in [0.05, 0.1) is 24.4 Å². The summed E-state index contributed by atoms with van der Waals surface area (Å²) in [6.45, 7) is 2.68. The highest BCUT2D eigenvalue weighted by atomic mass is 16.5. The van der Waals surface area contributed by atoms with E-state index in [1.165, 1.54) is 7.11 Å². The molecule has 1 aliphatic heterocycles. The molecule has 3 aromatic rings. The van der Waals surface area contributed by atoms with Crippen LogP contribution in [0.5, 0.6) is 11.5 Å². The number of piperidine rings is 1. The zero-order chi connectivity index (χ0) is 24.9. The number of methoxy groups -OCH3 is 1. The first-order valence-electron chi connectivity index (χ1n) is 11.3. The van der Waals surface area contributed by atoms with Gasteiger partial charge in [-0.2, -0.15) is 4.98 Å². The number of likely N-dealkylation sites (tertiary alicyclic amines) is 1. The number of phenolic OH excluding ortho intramolecular Hbond substituents is 1. The molecule has 1 fully saturated rings. The van der Waals surface area contributed by atoms with Crippen LogP contribution in [0.2, 0.25) is 0 Å². The molecule has 0 radical (unpaired) electrons. The standard InChI is InChI=1S/C26H27N3O6/c1-16-13-19(5-8-23(16)30)22-14-21(27-26(33)28-22)17-3-6-20(7-4-17)35-15-24(31)29-11-9-18(10-12-29)25(32)34-2/h3-8,13-14,18,30H,9-12,15H2,1-2H3,(H,27,28,33). The summed E-state index contributed by atoms with van der Waals surface area (Å²) in [5.41, 5.74) is 2.77. The maximum atomic E-state index is 12.5. The lowest BCUT2D eigenvalue weighted by Crippen LogP contribution is -2.42. The summed E-state index contributed by atoms with van der Waals surface area (Å²) in [7, 11) is 1.38. The minimum atomic E-state index is -0.481. The fraction of sp³-hybridized carbons (Fsp3) is 0.308. The number of phenols is 1. The molecule has 35 heavy (non-hydrogen) atoms. The van der Waals surface area contributed by atoms with E-state index in [-0.39, 0.29) is 30.2 Å². The van der Waals surface area contributed by atoms with E-state index in [0.717, 1.165) is 11.1 Å². The molecule has 1 aromatic heterocycles. The van der Waals surface area contributed by atoms with E-state index in [4.69, 9.17) is 9.47 Å². The predicted molar refractivity (Wildman–Crippen MR) is 129 cm³/mol. The third kappa shape index (κ3) is 5.68. The first-order valence-corrected chi connectivity index (χ1v) is 11.3. The molecular formula is C26H27N3O6. The number of aromatic nitrogens is 2. The number of amides is 1. The van der Waals surface area contributed by atoms with Crippen molar-refractivity contribution in [2.45, 2.75) is 19.8 Å². The second-order valence-corrected chi connectivity index (χ2v) is 8.48. The number of H-pyrrole nitrogens is 1. The number of carbonyl (C=O) groups excluding carboxylic acids is 2. The van der Waals surface area contributed by atoms with Gasteiger partial charge in [0.15, 0.2) is 6.61 Å². The quantitative estimate of drug-likeness (QED) is 0.524. The van der Waals surface area contributed by atoms with Crippen LogP contribution in [-0.2, 0) is 14.3 Å². The van der Waals surface area contributed by atoms with Crippen LogP contribution in [0.1, 0.15) is 18.4 Å². The molecule has 2 aromatic carbocycles. The third-order valence-corrected chi connectivity index (χ3v) is 6.15. The highest BCUT2D eigenvalue weighted by molar-refractivity contribution is 5.78. The number of benzene rings is 2. The maximum Gasteiger partial charge on any atom is 0.345 e. The first-order chi connectivity index (χ1) is 16.8. The van der Waals surface area contributed by atoms with Gasteiger partial charge in [-0.25, -0.2) is 4.79 Å². The van der Waals surface area contributed by atoms with E-state index in [1.54, 1.807) is 60.4 Å². The van der Waals surface area contributed by atoms with E-state index >= 15 is 0 Å². The van der Waals surface area contributed by atoms with Crippen LogP contribution in [0.25, 0.3) is 22.5 Å². The summed E-state index contributed by atoms with van der Waals surface area (Å²) in [6, 6.07) is 13.9. The maximum absolute atomic E-state index is 12.5. The molecule has 1 saturated heterocycles. The summed E-state index contributed by atoms with van der Waals surface area (Å²) in [5, 5.41) is 9.75. The average molecular weight is 478 g/mol. The van der Waals surface area contributed by atoms with Crippen molar-refractivity contribution in [3.8, 4) is 34.0 Å². The molecule has 2 N–H and O–H groups in total. The molecule has 1 aliphatic rings. The average Bonchev–Trinajstić information content (AvgIpc) is 2.88. The van der Waals surface area contributed by atoms with Crippen molar-refractivity contribution in [1.29, 1.82) is 0 Å². The second kappa shape index (κ2) is 10.4. The molecule has 0 saturated carbocycles. The Morgan fingerprint density at radius 2 is 1.77 bits per heavy atom. The van der Waals surface area contributed by atoms with Crippen molar-refractivity contribution < 1.29 is 24.2 Å². The van der Waals surface area contributed by atoms with Gasteiger partial charge < -0.3 is 24.5 Å². The number of aryl methyl sites for hydroxylation is 1. The Kier molecular flexibility index (Phi) is 7.14. The number of esters is 1. The lowest BCUT2D eigenvalue weighted by molar-refractivity contribution is -0.149. The smallest absolute Gasteiger partial charge is 0.345 e. The SMILES string of the molecule is COC(=O)C1CCN(C(=O)COc2ccc(-c3cc(-c4ccc(O)c(C)c4)nc(=O)[nH]3)cc2)CC1. The van der Waals surface area contributed by atoms with Crippen molar-refractivity contribution in [2.75, 3.05) is 26.8 Å². The van der Waals surface area contributed by atoms with Gasteiger partial charge in [-0.1, -0.05) is 0 Å². The molecule has 9 nitrogen and oxygen atoms in total. The Morgan fingerprint density at radius 1 is 1.09 bits per heavy atom. The Labute approximate surface area is 202 Å². The van der Waals surface area contributed by atoms with Crippen LogP contribution in [0.4, 0.5) is 0 Å². The number of hydrogen-bond donors (Lipinski definition) is 2. The van der Waals surface area contributed by atoms with Crippen molar-refractivity contribution in [3.63, 3.8) is 0 Å². The van der Waals surface area contributed by atoms with Crippen molar-refractivity contribution in [1.82, 2.24) is 14.9 Å². The minimum absolute atomic E-state index is 0.0985. The summed E-state index contributed by atoms with van der Waals surface area (Å²) >= 11 is 0. The van der Waals surface area contributed by atoms with E-state index in [2.05, 4.69) is 9.97 Å². The summed E-state index contributed by atoms with van der Waals surface area (Å²) in [5.74, 6) is 0.186. The highest BCUT2D eigenvalue weighted by Gasteiger charge is 2.27. The number of ether oxygens (including phenoxy) is 2. The summed E-state index contributed by atoms with van der Waals surface area (Å²) in [6.07, 6.45) is 1.17. The molecule has 2 heterocycles. The van der Waals surface area contributed by atoms with Crippen LogP contribution in [0.3, 0.4) is 0 Å². The topological polar surface area (TPSA) is 122 Å². The number of hydrogen-bond acceptors (Lipinski definition) is 7. The van der Waals surface area contributed by atoms with Crippen molar-refractivity contribution in [2.24, 2.45) is 5.92 Å². The molecule has 0 spiro atoms. The van der Waals surface area contributed by atoms with Gasteiger partial charge in [0.2, 0.25) is 0 Å². The number of nitrogens with one attached hydrogen (secondary N) is 1. The fourth-order valence-electron chi connectivity index (χ4n) is 4.07. The lowest BCUT2D eigenvalue weighted by atomic mass is 9.97. The summed E-state index contributed by atoms with van der Waals surface area (Å²) < 4.78 is 10.4. The zero-order valence-electron chi connectivity index (χ0n) is 19.6. The van der Waals surface area contributed by atoms with Gasteiger partial charge in [-0.3, -0.25) is 9.59 Å². The lowest BCUT2D eigenvalue weighted by Gasteiger charge is -2.30. The molecule has 0 unspecified atom stereocenters. The highest BCUT2D eigenvalue weighted by Crippen LogP contribution is 2.27. The van der Waals surface area contributed by atoms with Gasteiger partial charge in [-0.15, -0.1) is 0 Å². The van der Waals surface area contributed by atoms with Crippen molar-refractivity contribution >= 4 is 11.9 Å². The first kappa shape index (κ1) is 24.0. The van der Waals surface area contributed by atoms with E-state index in [0.29, 0.717) is 48.6 Å². The molecule has 0 atom stereocenters. The van der Waals surface area contributed by atoms with Crippen molar-refractivity contribution in [3.05, 3.63) is 64.6 Å². The number of rotatable bonds is 6. The van der Waals surface area contributed by atoms with Gasteiger partial charge in [0.25, 0.3) is 5.91 Å². The molecule has 182 valence electrons. The predicted octanol–water partition coefficient (Wildman–Crippen LogP) is 2.91. The Bertz CT molecular complexity index is 1280. The molecule has 9 heteroatoms. The van der Waals surface area contributed by atoms with E-state index in [9.17, 15) is 19.5 Å². The van der Waals surface area contributed by atoms with Crippen LogP contribution >= 0.6 is 0 Å².